The van der Waals surface area contributed by atoms with Gasteiger partial charge in [-0.2, -0.15) is 0 Å². The summed E-state index contributed by atoms with van der Waals surface area (Å²) in [6, 6.07) is 11.8. The first kappa shape index (κ1) is 13.3. The van der Waals surface area contributed by atoms with Crippen molar-refractivity contribution < 1.29 is 13.9 Å². The molecule has 1 unspecified atom stereocenters. The fourth-order valence-corrected chi connectivity index (χ4v) is 2.70. The van der Waals surface area contributed by atoms with E-state index >= 15 is 0 Å². The lowest BCUT2D eigenvalue weighted by Crippen LogP contribution is -2.01. The lowest BCUT2D eigenvalue weighted by atomic mass is 10.0. The Morgan fingerprint density at radius 2 is 2.00 bits per heavy atom. The maximum absolute atomic E-state index is 13.3. The van der Waals surface area contributed by atoms with Gasteiger partial charge in [0.25, 0.3) is 0 Å². The molecule has 102 valence electrons. The minimum absolute atomic E-state index is 0.373. The van der Waals surface area contributed by atoms with E-state index in [1.807, 2.05) is 25.1 Å². The predicted octanol–water partition coefficient (Wildman–Crippen LogP) is 4.72. The second-order valence-electron chi connectivity index (χ2n) is 4.71. The Balaban J connectivity index is 2.10. The van der Waals surface area contributed by atoms with Gasteiger partial charge in [0.1, 0.15) is 23.3 Å². The summed E-state index contributed by atoms with van der Waals surface area (Å²) in [5, 5.41) is 11.3. The fraction of sp³-hybridized carbons (Fsp3) is 0.125. The molecule has 0 aliphatic carbocycles. The van der Waals surface area contributed by atoms with Gasteiger partial charge in [0.15, 0.2) is 0 Å². The highest BCUT2D eigenvalue weighted by Crippen LogP contribution is 2.33. The Kier molecular flexibility index (Phi) is 3.36. The molecule has 0 aliphatic heterocycles. The van der Waals surface area contributed by atoms with Crippen molar-refractivity contribution in [2.24, 2.45) is 0 Å². The molecule has 2 aromatic carbocycles. The van der Waals surface area contributed by atoms with Gasteiger partial charge in [-0.05, 0) is 58.2 Å². The molecule has 4 heteroatoms. The Morgan fingerprint density at radius 3 is 2.75 bits per heavy atom. The summed E-state index contributed by atoms with van der Waals surface area (Å²) in [7, 11) is 0. The number of rotatable bonds is 2. The summed E-state index contributed by atoms with van der Waals surface area (Å²) in [5.74, 6) is 0.0301. The minimum Gasteiger partial charge on any atom is -0.457 e. The van der Waals surface area contributed by atoms with Crippen LogP contribution in [0.3, 0.4) is 0 Å². The smallest absolute Gasteiger partial charge is 0.148 e. The second kappa shape index (κ2) is 5.04. The number of hydrogen-bond acceptors (Lipinski definition) is 2. The van der Waals surface area contributed by atoms with Crippen LogP contribution in [0.1, 0.15) is 23.0 Å². The van der Waals surface area contributed by atoms with Crippen LogP contribution in [-0.2, 0) is 0 Å². The van der Waals surface area contributed by atoms with Crippen LogP contribution < -0.4 is 0 Å². The van der Waals surface area contributed by atoms with E-state index in [-0.39, 0.29) is 5.82 Å². The molecule has 20 heavy (non-hydrogen) atoms. The predicted molar refractivity (Wildman–Crippen MR) is 79.1 cm³/mol. The first-order valence-corrected chi connectivity index (χ1v) is 6.97. The third-order valence-electron chi connectivity index (χ3n) is 3.32. The lowest BCUT2D eigenvalue weighted by molar-refractivity contribution is 0.191. The van der Waals surface area contributed by atoms with Crippen molar-refractivity contribution in [2.75, 3.05) is 0 Å². The van der Waals surface area contributed by atoms with Gasteiger partial charge in [-0.25, -0.2) is 4.39 Å². The molecule has 0 saturated carbocycles. The molecular weight excluding hydrogens is 323 g/mol. The van der Waals surface area contributed by atoms with E-state index in [2.05, 4.69) is 15.9 Å². The van der Waals surface area contributed by atoms with E-state index in [4.69, 9.17) is 4.42 Å². The van der Waals surface area contributed by atoms with Crippen LogP contribution >= 0.6 is 15.9 Å². The average molecular weight is 335 g/mol. The third kappa shape index (κ3) is 2.25. The van der Waals surface area contributed by atoms with E-state index in [1.54, 1.807) is 12.1 Å². The summed E-state index contributed by atoms with van der Waals surface area (Å²) in [6.45, 7) is 1.83. The first-order valence-electron chi connectivity index (χ1n) is 6.18. The van der Waals surface area contributed by atoms with Gasteiger partial charge < -0.3 is 9.52 Å². The number of halogens is 2. The summed E-state index contributed by atoms with van der Waals surface area (Å²) in [4.78, 5) is 0. The molecule has 3 rings (SSSR count). The van der Waals surface area contributed by atoms with E-state index in [1.165, 1.54) is 12.1 Å². The van der Waals surface area contributed by atoms with Gasteiger partial charge in [-0.15, -0.1) is 0 Å². The number of fused-ring (bicyclic) bond motifs is 1. The molecule has 2 nitrogen and oxygen atoms in total. The quantitative estimate of drug-likeness (QED) is 0.735. The van der Waals surface area contributed by atoms with Crippen LogP contribution in [0.15, 0.2) is 51.4 Å². The maximum atomic E-state index is 13.3. The van der Waals surface area contributed by atoms with Crippen molar-refractivity contribution in [3.05, 3.63) is 69.6 Å². The van der Waals surface area contributed by atoms with Gasteiger partial charge in [-0.3, -0.25) is 0 Å². The van der Waals surface area contributed by atoms with Crippen molar-refractivity contribution in [3.8, 4) is 0 Å². The molecule has 1 heterocycles. The van der Waals surface area contributed by atoms with Crippen molar-refractivity contribution in [3.63, 3.8) is 0 Å². The topological polar surface area (TPSA) is 33.4 Å². The maximum Gasteiger partial charge on any atom is 0.148 e. The zero-order valence-corrected chi connectivity index (χ0v) is 12.3. The number of aliphatic hydroxyl groups excluding tert-OH is 1. The van der Waals surface area contributed by atoms with E-state index in [9.17, 15) is 9.50 Å². The monoisotopic (exact) mass is 334 g/mol. The van der Waals surface area contributed by atoms with Crippen molar-refractivity contribution >= 4 is 26.9 Å². The number of aliphatic hydroxyl groups is 1. The largest absolute Gasteiger partial charge is 0.457 e. The molecule has 0 amide bonds. The molecule has 0 radical (unpaired) electrons. The summed E-state index contributed by atoms with van der Waals surface area (Å²) < 4.78 is 19.9. The highest BCUT2D eigenvalue weighted by Gasteiger charge is 2.18. The highest BCUT2D eigenvalue weighted by molar-refractivity contribution is 9.10. The Labute approximate surface area is 124 Å². The fourth-order valence-electron chi connectivity index (χ4n) is 2.24. The summed E-state index contributed by atoms with van der Waals surface area (Å²) >= 11 is 3.41. The molecule has 1 atom stereocenters. The van der Waals surface area contributed by atoms with Crippen molar-refractivity contribution in [1.29, 1.82) is 0 Å². The van der Waals surface area contributed by atoms with Gasteiger partial charge in [-0.1, -0.05) is 18.2 Å². The molecule has 0 fully saturated rings. The molecule has 0 saturated heterocycles. The van der Waals surface area contributed by atoms with Crippen molar-refractivity contribution in [2.45, 2.75) is 13.0 Å². The Hall–Kier alpha value is -1.65. The van der Waals surface area contributed by atoms with Crippen LogP contribution in [0.4, 0.5) is 4.39 Å². The second-order valence-corrected chi connectivity index (χ2v) is 5.56. The lowest BCUT2D eigenvalue weighted by Gasteiger charge is -2.11. The summed E-state index contributed by atoms with van der Waals surface area (Å²) in [6.07, 6.45) is -0.981. The number of benzene rings is 2. The standard InChI is InChI=1S/C16H12BrFO2/c1-9-5-6-11(18)8-12(9)15(19)14-7-10-3-2-4-13(17)16(10)20-14/h2-8,15,19H,1H3. The van der Waals surface area contributed by atoms with Gasteiger partial charge in [0.2, 0.25) is 0 Å². The third-order valence-corrected chi connectivity index (χ3v) is 3.94. The SMILES string of the molecule is Cc1ccc(F)cc1C(O)c1cc2cccc(Br)c2o1. The van der Waals surface area contributed by atoms with E-state index in [0.29, 0.717) is 16.9 Å². The zero-order chi connectivity index (χ0) is 14.3. The van der Waals surface area contributed by atoms with Crippen LogP contribution in [-0.4, -0.2) is 5.11 Å². The highest BCUT2D eigenvalue weighted by atomic mass is 79.9. The molecule has 0 bridgehead atoms. The Morgan fingerprint density at radius 1 is 1.20 bits per heavy atom. The van der Waals surface area contributed by atoms with Crippen molar-refractivity contribution in [1.82, 2.24) is 0 Å². The van der Waals surface area contributed by atoms with Crippen LogP contribution in [0.25, 0.3) is 11.0 Å². The van der Waals surface area contributed by atoms with Gasteiger partial charge in [0.05, 0.1) is 4.47 Å². The van der Waals surface area contributed by atoms with Crippen LogP contribution in [0.5, 0.6) is 0 Å². The van der Waals surface area contributed by atoms with Gasteiger partial charge >= 0.3 is 0 Å². The number of para-hydroxylation sites is 1. The Bertz CT molecular complexity index is 779. The molecule has 0 spiro atoms. The normalized spacial score (nSPS) is 12.8. The van der Waals surface area contributed by atoms with Crippen LogP contribution in [0.2, 0.25) is 0 Å². The number of aryl methyl sites for hydroxylation is 1. The summed E-state index contributed by atoms with van der Waals surface area (Å²) in [5.41, 5.74) is 2.01. The first-order chi connectivity index (χ1) is 9.56. The molecule has 0 aliphatic rings. The van der Waals surface area contributed by atoms with E-state index < -0.39 is 6.10 Å². The number of hydrogen-bond donors (Lipinski definition) is 1. The van der Waals surface area contributed by atoms with Crippen LogP contribution in [0, 0.1) is 12.7 Å². The van der Waals surface area contributed by atoms with E-state index in [0.717, 1.165) is 15.4 Å². The average Bonchev–Trinajstić information content (AvgIpc) is 2.86. The molecule has 1 aromatic heterocycles. The molecular formula is C16H12BrFO2. The minimum atomic E-state index is -0.981. The number of furan rings is 1. The zero-order valence-electron chi connectivity index (χ0n) is 10.7. The molecule has 1 N–H and O–H groups in total. The molecule has 3 aromatic rings. The van der Waals surface area contributed by atoms with Gasteiger partial charge in [0, 0.05) is 5.39 Å².